The SMILES string of the molecule is C1CNCCNCCCNCCNC1.CCCCCCC(=O)N1CCCN(C(=O)CCCCCC)CCN(C(=O)CCCCCC)CCCN(C(=O)CCCCCC)CC1. The van der Waals surface area contributed by atoms with Gasteiger partial charge in [-0.25, -0.2) is 0 Å². The van der Waals surface area contributed by atoms with Crippen molar-refractivity contribution in [2.45, 2.75) is 182 Å². The summed E-state index contributed by atoms with van der Waals surface area (Å²) in [7, 11) is 0. The van der Waals surface area contributed by atoms with Crippen molar-refractivity contribution in [2.75, 3.05) is 105 Å². The molecule has 0 atom stereocenters. The monoisotopic (exact) mass is 849 g/mol. The van der Waals surface area contributed by atoms with Crippen LogP contribution in [0.4, 0.5) is 0 Å². The molecule has 352 valence electrons. The van der Waals surface area contributed by atoms with Crippen LogP contribution in [0.25, 0.3) is 0 Å². The highest BCUT2D eigenvalue weighted by molar-refractivity contribution is 5.78. The summed E-state index contributed by atoms with van der Waals surface area (Å²) in [5, 5.41) is 13.7. The minimum absolute atomic E-state index is 0.163. The first-order chi connectivity index (χ1) is 29.4. The van der Waals surface area contributed by atoms with Gasteiger partial charge in [0.1, 0.15) is 0 Å². The molecule has 4 amide bonds. The van der Waals surface area contributed by atoms with E-state index in [0.29, 0.717) is 90.9 Å². The molecule has 2 aliphatic heterocycles. The zero-order chi connectivity index (χ0) is 43.7. The number of hydrogen-bond donors (Lipinski definition) is 4. The Balaban J connectivity index is 0.00000108. The summed E-state index contributed by atoms with van der Waals surface area (Å²) < 4.78 is 0. The number of carbonyl (C=O) groups excluding carboxylic acids is 4. The molecule has 2 aliphatic rings. The molecule has 0 radical (unpaired) electrons. The fourth-order valence-corrected chi connectivity index (χ4v) is 7.81. The van der Waals surface area contributed by atoms with E-state index in [0.717, 1.165) is 155 Å². The summed E-state index contributed by atoms with van der Waals surface area (Å²) in [6, 6.07) is 0. The normalized spacial score (nSPS) is 17.5. The van der Waals surface area contributed by atoms with Gasteiger partial charge >= 0.3 is 0 Å². The van der Waals surface area contributed by atoms with Gasteiger partial charge in [0.05, 0.1) is 0 Å². The van der Waals surface area contributed by atoms with Crippen LogP contribution in [0, 0.1) is 0 Å². The maximum absolute atomic E-state index is 13.4. The molecule has 0 aliphatic carbocycles. The molecule has 2 fully saturated rings. The van der Waals surface area contributed by atoms with E-state index in [1.165, 1.54) is 12.8 Å². The maximum atomic E-state index is 13.4. The summed E-state index contributed by atoms with van der Waals surface area (Å²) in [5.74, 6) is 0.651. The van der Waals surface area contributed by atoms with Crippen LogP contribution >= 0.6 is 0 Å². The largest absolute Gasteiger partial charge is 0.341 e. The lowest BCUT2D eigenvalue weighted by molar-refractivity contribution is -0.137. The first-order valence-electron chi connectivity index (χ1n) is 25.3. The molecule has 0 spiro atoms. The second-order valence-corrected chi connectivity index (χ2v) is 17.2. The third kappa shape index (κ3) is 30.7. The van der Waals surface area contributed by atoms with Crippen LogP contribution in [0.1, 0.15) is 182 Å². The first-order valence-corrected chi connectivity index (χ1v) is 25.3. The predicted molar refractivity (Wildman–Crippen MR) is 251 cm³/mol. The molecule has 60 heavy (non-hydrogen) atoms. The molecule has 0 unspecified atom stereocenters. The van der Waals surface area contributed by atoms with Crippen molar-refractivity contribution in [3.63, 3.8) is 0 Å². The van der Waals surface area contributed by atoms with E-state index in [2.05, 4.69) is 49.0 Å². The van der Waals surface area contributed by atoms with Gasteiger partial charge in [-0.1, -0.05) is 105 Å². The van der Waals surface area contributed by atoms with Crippen LogP contribution in [0.15, 0.2) is 0 Å². The van der Waals surface area contributed by atoms with Gasteiger partial charge in [0.2, 0.25) is 23.6 Å². The summed E-state index contributed by atoms with van der Waals surface area (Å²) in [5.41, 5.74) is 0. The van der Waals surface area contributed by atoms with Gasteiger partial charge in [-0.2, -0.15) is 0 Å². The molecule has 0 aromatic carbocycles. The Kier molecular flexibility index (Phi) is 37.9. The zero-order valence-corrected chi connectivity index (χ0v) is 39.7. The van der Waals surface area contributed by atoms with E-state index in [1.807, 2.05) is 19.6 Å². The molecular weight excluding hydrogens is 753 g/mol. The second-order valence-electron chi connectivity index (χ2n) is 17.2. The quantitative estimate of drug-likeness (QED) is 0.0955. The Morgan fingerprint density at radius 2 is 0.533 bits per heavy atom. The van der Waals surface area contributed by atoms with Crippen LogP contribution in [-0.2, 0) is 19.2 Å². The Hall–Kier alpha value is -2.28. The van der Waals surface area contributed by atoms with E-state index in [-0.39, 0.29) is 23.6 Å². The summed E-state index contributed by atoms with van der Waals surface area (Å²) in [6.45, 7) is 22.0. The average molecular weight is 849 g/mol. The highest BCUT2D eigenvalue weighted by Crippen LogP contribution is 2.13. The third-order valence-corrected chi connectivity index (χ3v) is 11.8. The lowest BCUT2D eigenvalue weighted by Crippen LogP contribution is -2.46. The smallest absolute Gasteiger partial charge is 0.222 e. The maximum Gasteiger partial charge on any atom is 0.222 e. The molecule has 12 nitrogen and oxygen atoms in total. The fraction of sp³-hybridized carbons (Fsp3) is 0.917. The fourth-order valence-electron chi connectivity index (χ4n) is 7.81. The van der Waals surface area contributed by atoms with E-state index < -0.39 is 0 Å². The first kappa shape index (κ1) is 55.7. The van der Waals surface area contributed by atoms with Gasteiger partial charge in [-0.3, -0.25) is 19.2 Å². The third-order valence-electron chi connectivity index (χ3n) is 11.8. The van der Waals surface area contributed by atoms with Crippen molar-refractivity contribution in [2.24, 2.45) is 0 Å². The van der Waals surface area contributed by atoms with Crippen molar-refractivity contribution >= 4 is 23.6 Å². The highest BCUT2D eigenvalue weighted by atomic mass is 16.2. The van der Waals surface area contributed by atoms with Gasteiger partial charge in [0, 0.05) is 104 Å². The van der Waals surface area contributed by atoms with Crippen LogP contribution in [0.2, 0.25) is 0 Å². The van der Waals surface area contributed by atoms with Crippen LogP contribution in [0.5, 0.6) is 0 Å². The van der Waals surface area contributed by atoms with E-state index in [1.54, 1.807) is 0 Å². The van der Waals surface area contributed by atoms with Crippen molar-refractivity contribution in [1.29, 1.82) is 0 Å². The molecule has 0 saturated carbocycles. The number of rotatable bonds is 20. The lowest BCUT2D eigenvalue weighted by atomic mass is 10.1. The van der Waals surface area contributed by atoms with E-state index in [4.69, 9.17) is 0 Å². The molecule has 0 aromatic heterocycles. The number of unbranched alkanes of at least 4 members (excludes halogenated alkanes) is 12. The van der Waals surface area contributed by atoms with Crippen LogP contribution in [-0.4, -0.2) is 148 Å². The molecule has 12 heteroatoms. The number of hydrogen-bond acceptors (Lipinski definition) is 8. The van der Waals surface area contributed by atoms with Crippen molar-refractivity contribution in [1.82, 2.24) is 40.9 Å². The summed E-state index contributed by atoms with van der Waals surface area (Å²) in [4.78, 5) is 61.3. The highest BCUT2D eigenvalue weighted by Gasteiger charge is 2.23. The standard InChI is InChI=1S/C38H72N4O4.C10H24N4/c1-5-9-13-17-23-35(43)39-27-21-28-41(37(45)25-19-15-11-7-3)33-34-42(38(46)26-20-16-12-8-4)30-22-29-40(32-31-39)36(44)24-18-14-10-6-2;1-3-11-7-9-13-5-2-6-14-10-8-12-4-1/h5-34H2,1-4H3;11-14H,1-10H2. The van der Waals surface area contributed by atoms with E-state index in [9.17, 15) is 19.2 Å². The Labute approximate surface area is 369 Å². The van der Waals surface area contributed by atoms with Gasteiger partial charge in [-0.05, 0) is 77.5 Å². The minimum atomic E-state index is 0.163. The number of nitrogens with one attached hydrogen (secondary N) is 4. The molecule has 2 saturated heterocycles. The van der Waals surface area contributed by atoms with Crippen LogP contribution < -0.4 is 21.3 Å². The molecule has 2 rings (SSSR count). The molecule has 2 heterocycles. The lowest BCUT2D eigenvalue weighted by Gasteiger charge is -2.32. The predicted octanol–water partition coefficient (Wildman–Crippen LogP) is 7.11. The topological polar surface area (TPSA) is 129 Å². The Morgan fingerprint density at radius 1 is 0.300 bits per heavy atom. The average Bonchev–Trinajstić information content (AvgIpc) is 3.25. The molecular formula is C48H96N8O4. The Bertz CT molecular complexity index is 867. The number of carbonyl (C=O) groups is 4. The van der Waals surface area contributed by atoms with Crippen LogP contribution in [0.3, 0.4) is 0 Å². The minimum Gasteiger partial charge on any atom is -0.341 e. The summed E-state index contributed by atoms with van der Waals surface area (Å²) >= 11 is 0. The van der Waals surface area contributed by atoms with Crippen molar-refractivity contribution < 1.29 is 19.2 Å². The van der Waals surface area contributed by atoms with Crippen molar-refractivity contribution in [3.8, 4) is 0 Å². The van der Waals surface area contributed by atoms with Gasteiger partial charge in [0.25, 0.3) is 0 Å². The molecule has 0 bridgehead atoms. The van der Waals surface area contributed by atoms with E-state index >= 15 is 0 Å². The molecule has 0 aromatic rings. The number of amides is 4. The van der Waals surface area contributed by atoms with Gasteiger partial charge in [0.15, 0.2) is 0 Å². The molecule has 4 N–H and O–H groups in total. The van der Waals surface area contributed by atoms with Gasteiger partial charge in [-0.15, -0.1) is 0 Å². The summed E-state index contributed by atoms with van der Waals surface area (Å²) in [6.07, 6.45) is 23.0. The van der Waals surface area contributed by atoms with Gasteiger partial charge < -0.3 is 40.9 Å². The second kappa shape index (κ2) is 40.8. The number of nitrogens with zero attached hydrogens (tertiary/aromatic N) is 4. The van der Waals surface area contributed by atoms with Crippen molar-refractivity contribution in [3.05, 3.63) is 0 Å². The zero-order valence-electron chi connectivity index (χ0n) is 39.7. The Morgan fingerprint density at radius 3 is 0.750 bits per heavy atom.